The molecule has 2 amide bonds. The van der Waals surface area contributed by atoms with Crippen molar-refractivity contribution in [2.45, 2.75) is 32.6 Å². The van der Waals surface area contributed by atoms with Gasteiger partial charge in [0.15, 0.2) is 6.61 Å². The van der Waals surface area contributed by atoms with E-state index < -0.39 is 24.4 Å². The second-order valence-corrected chi connectivity index (χ2v) is 10.2. The van der Waals surface area contributed by atoms with Gasteiger partial charge in [-0.2, -0.15) is 0 Å². The molecule has 1 heterocycles. The molecule has 4 rings (SSSR count). The number of hydrogen-bond donors (Lipinski definition) is 1. The maximum Gasteiger partial charge on any atom is 0.311 e. The van der Waals surface area contributed by atoms with Gasteiger partial charge in [0.25, 0.3) is 5.91 Å². The number of esters is 1. The number of rotatable bonds is 8. The summed E-state index contributed by atoms with van der Waals surface area (Å²) in [5, 5.41) is 2.65. The molecule has 198 valence electrons. The van der Waals surface area contributed by atoms with Crippen molar-refractivity contribution in [2.75, 3.05) is 30.5 Å². The predicted molar refractivity (Wildman–Crippen MR) is 145 cm³/mol. The highest BCUT2D eigenvalue weighted by molar-refractivity contribution is 6.00. The molecule has 3 aromatic rings. The molecular formula is C30H32N2O6. The largest absolute Gasteiger partial charge is 0.497 e. The first-order chi connectivity index (χ1) is 18.1. The topological polar surface area (TPSA) is 94.2 Å². The van der Waals surface area contributed by atoms with Gasteiger partial charge in [0.05, 0.1) is 13.0 Å². The van der Waals surface area contributed by atoms with Crippen LogP contribution in [0.4, 0.5) is 11.4 Å². The lowest BCUT2D eigenvalue weighted by Crippen LogP contribution is -2.28. The fourth-order valence-electron chi connectivity index (χ4n) is 4.09. The van der Waals surface area contributed by atoms with Gasteiger partial charge in [-0.15, -0.1) is 0 Å². The van der Waals surface area contributed by atoms with E-state index in [2.05, 4.69) is 38.2 Å². The lowest BCUT2D eigenvalue weighted by molar-refractivity contribution is -0.151. The molecule has 0 aliphatic carbocycles. The second-order valence-electron chi connectivity index (χ2n) is 10.2. The third-order valence-corrected chi connectivity index (χ3v) is 6.28. The maximum atomic E-state index is 12.6. The molecule has 0 bridgehead atoms. The maximum absolute atomic E-state index is 12.6. The third-order valence-electron chi connectivity index (χ3n) is 6.28. The first-order valence-corrected chi connectivity index (χ1v) is 12.4. The molecule has 1 atom stereocenters. The third kappa shape index (κ3) is 6.70. The summed E-state index contributed by atoms with van der Waals surface area (Å²) in [7, 11) is 1.55. The van der Waals surface area contributed by atoms with E-state index in [1.54, 1.807) is 60.5 Å². The van der Waals surface area contributed by atoms with E-state index in [0.29, 0.717) is 22.9 Å². The number of amides is 2. The lowest BCUT2D eigenvalue weighted by Gasteiger charge is -2.19. The van der Waals surface area contributed by atoms with Crippen molar-refractivity contribution < 1.29 is 28.6 Å². The zero-order chi connectivity index (χ0) is 27.3. The molecule has 1 N–H and O–H groups in total. The van der Waals surface area contributed by atoms with Crippen LogP contribution in [0.15, 0.2) is 72.8 Å². The molecule has 3 aromatic carbocycles. The average Bonchev–Trinajstić information content (AvgIpc) is 3.29. The van der Waals surface area contributed by atoms with Crippen molar-refractivity contribution in [3.05, 3.63) is 78.4 Å². The summed E-state index contributed by atoms with van der Waals surface area (Å²) in [5.74, 6) is 0.162. The van der Waals surface area contributed by atoms with E-state index in [0.717, 1.165) is 5.75 Å². The Balaban J connectivity index is 1.28. The van der Waals surface area contributed by atoms with Gasteiger partial charge in [-0.05, 0) is 71.6 Å². The van der Waals surface area contributed by atoms with E-state index in [4.69, 9.17) is 14.2 Å². The van der Waals surface area contributed by atoms with Crippen LogP contribution in [0.25, 0.3) is 0 Å². The summed E-state index contributed by atoms with van der Waals surface area (Å²) in [5.41, 5.74) is 2.51. The first kappa shape index (κ1) is 26.7. The molecule has 1 aliphatic heterocycles. The van der Waals surface area contributed by atoms with Crippen molar-refractivity contribution in [2.24, 2.45) is 5.92 Å². The van der Waals surface area contributed by atoms with Crippen molar-refractivity contribution in [3.8, 4) is 17.2 Å². The fourth-order valence-corrected chi connectivity index (χ4v) is 4.09. The minimum Gasteiger partial charge on any atom is -0.497 e. The lowest BCUT2D eigenvalue weighted by atomic mass is 9.87. The number of ether oxygens (including phenoxy) is 3. The van der Waals surface area contributed by atoms with Gasteiger partial charge in [0.1, 0.15) is 17.2 Å². The number of methoxy groups -OCH3 is 1. The van der Waals surface area contributed by atoms with Crippen LogP contribution in [-0.4, -0.2) is 38.0 Å². The number of hydrogen-bond acceptors (Lipinski definition) is 6. The van der Waals surface area contributed by atoms with Gasteiger partial charge in [-0.1, -0.05) is 32.9 Å². The van der Waals surface area contributed by atoms with E-state index in [1.807, 2.05) is 12.1 Å². The van der Waals surface area contributed by atoms with Gasteiger partial charge >= 0.3 is 5.97 Å². The first-order valence-electron chi connectivity index (χ1n) is 12.4. The minimum absolute atomic E-state index is 0.0251. The molecule has 1 aliphatic rings. The number of carbonyl (C=O) groups excluding carboxylic acids is 3. The molecule has 1 saturated heterocycles. The Labute approximate surface area is 222 Å². The minimum atomic E-state index is -0.645. The van der Waals surface area contributed by atoms with Crippen LogP contribution in [-0.2, 0) is 24.5 Å². The monoisotopic (exact) mass is 516 g/mol. The predicted octanol–water partition coefficient (Wildman–Crippen LogP) is 5.32. The Morgan fingerprint density at radius 2 is 1.47 bits per heavy atom. The summed E-state index contributed by atoms with van der Waals surface area (Å²) in [6.07, 6.45) is 0.0251. The molecule has 0 unspecified atom stereocenters. The van der Waals surface area contributed by atoms with Crippen LogP contribution in [0, 0.1) is 5.92 Å². The highest BCUT2D eigenvalue weighted by Gasteiger charge is 2.36. The summed E-state index contributed by atoms with van der Waals surface area (Å²) in [6, 6.07) is 21.9. The zero-order valence-electron chi connectivity index (χ0n) is 22.0. The van der Waals surface area contributed by atoms with Crippen molar-refractivity contribution in [3.63, 3.8) is 0 Å². The summed E-state index contributed by atoms with van der Waals surface area (Å²) >= 11 is 0. The number of carbonyl (C=O) groups is 3. The normalized spacial score (nSPS) is 15.2. The molecule has 1 fully saturated rings. The van der Waals surface area contributed by atoms with Gasteiger partial charge in [0, 0.05) is 24.3 Å². The van der Waals surface area contributed by atoms with E-state index >= 15 is 0 Å². The number of nitrogens with one attached hydrogen (secondary N) is 1. The number of benzene rings is 3. The zero-order valence-corrected chi connectivity index (χ0v) is 22.0. The Morgan fingerprint density at radius 1 is 0.895 bits per heavy atom. The summed E-state index contributed by atoms with van der Waals surface area (Å²) in [4.78, 5) is 38.8. The Bertz CT molecular complexity index is 1280. The Kier molecular flexibility index (Phi) is 8.00. The molecule has 0 radical (unpaired) electrons. The van der Waals surface area contributed by atoms with Crippen molar-refractivity contribution in [1.82, 2.24) is 0 Å². The van der Waals surface area contributed by atoms with Gasteiger partial charge in [-0.3, -0.25) is 14.4 Å². The highest BCUT2D eigenvalue weighted by atomic mass is 16.5. The van der Waals surface area contributed by atoms with Gasteiger partial charge < -0.3 is 24.4 Å². The Morgan fingerprint density at radius 3 is 2.05 bits per heavy atom. The summed E-state index contributed by atoms with van der Waals surface area (Å²) in [6.45, 7) is 6.23. The Hall–Kier alpha value is -4.33. The van der Waals surface area contributed by atoms with Gasteiger partial charge in [-0.25, -0.2) is 0 Å². The number of nitrogens with zero attached hydrogens (tertiary/aromatic N) is 1. The molecule has 0 spiro atoms. The fraction of sp³-hybridized carbons (Fsp3) is 0.300. The standard InChI is InChI=1S/C30H32N2O6/c1-30(2,3)21-5-11-25(12-6-21)38-26-15-9-23(10-16-26)32-18-20(17-28(32)34)29(35)37-19-27(33)31-22-7-13-24(36-4)14-8-22/h5-16,20H,17-19H2,1-4H3,(H,31,33)/t20-/m1/s1. The molecule has 8 nitrogen and oxygen atoms in total. The van der Waals surface area contributed by atoms with Crippen molar-refractivity contribution >= 4 is 29.2 Å². The van der Waals surface area contributed by atoms with Crippen LogP contribution in [0.1, 0.15) is 32.8 Å². The van der Waals surface area contributed by atoms with Crippen LogP contribution >= 0.6 is 0 Å². The van der Waals surface area contributed by atoms with Crippen LogP contribution in [0.3, 0.4) is 0 Å². The molecular weight excluding hydrogens is 484 g/mol. The van der Waals surface area contributed by atoms with Crippen LogP contribution in [0.2, 0.25) is 0 Å². The smallest absolute Gasteiger partial charge is 0.311 e. The molecule has 0 aromatic heterocycles. The van der Waals surface area contributed by atoms with E-state index in [-0.39, 0.29) is 24.3 Å². The van der Waals surface area contributed by atoms with Gasteiger partial charge in [0.2, 0.25) is 5.91 Å². The van der Waals surface area contributed by atoms with E-state index in [1.165, 1.54) is 5.56 Å². The SMILES string of the molecule is COc1ccc(NC(=O)COC(=O)[C@@H]2CC(=O)N(c3ccc(Oc4ccc(C(C)(C)C)cc4)cc3)C2)cc1. The average molecular weight is 517 g/mol. The second kappa shape index (κ2) is 11.4. The van der Waals surface area contributed by atoms with Crippen LogP contribution in [0.5, 0.6) is 17.2 Å². The van der Waals surface area contributed by atoms with E-state index in [9.17, 15) is 14.4 Å². The molecule has 8 heteroatoms. The molecule has 0 saturated carbocycles. The quantitative estimate of drug-likeness (QED) is 0.407. The van der Waals surface area contributed by atoms with Crippen molar-refractivity contribution in [1.29, 1.82) is 0 Å². The molecule has 38 heavy (non-hydrogen) atoms. The summed E-state index contributed by atoms with van der Waals surface area (Å²) < 4.78 is 16.2. The number of anilines is 2. The van der Waals surface area contributed by atoms with Crippen LogP contribution < -0.4 is 19.7 Å². The highest BCUT2D eigenvalue weighted by Crippen LogP contribution is 2.30.